The van der Waals surface area contributed by atoms with Gasteiger partial charge in [0.1, 0.15) is 0 Å². The third kappa shape index (κ3) is 6.64. The second kappa shape index (κ2) is 14.0. The summed E-state index contributed by atoms with van der Waals surface area (Å²) in [6.45, 7) is 2.03. The van der Waals surface area contributed by atoms with Crippen LogP contribution in [0.25, 0.3) is 89.2 Å². The maximum Gasteiger partial charge on any atom is 0.160 e. The standard InChI is InChI=1S/C50H35N3/c1-34-28-42(26-27-51-34)41-19-10-18-40(29-41)35-22-24-36(25-23-35)43-30-44(47-21-11-17-37-12-8-9-20-46(37)47)32-45(31-43)50-52-48(38-13-4-2-5-14-38)33-49(53-50)39-15-6-3-7-16-39/h2-33H,1H3. The van der Waals surface area contributed by atoms with Crippen LogP contribution in [0.2, 0.25) is 0 Å². The van der Waals surface area contributed by atoms with Crippen molar-refractivity contribution < 1.29 is 0 Å². The number of benzene rings is 7. The molecule has 0 bridgehead atoms. The summed E-state index contributed by atoms with van der Waals surface area (Å²) in [6, 6.07) is 66.5. The molecule has 0 saturated heterocycles. The Morgan fingerprint density at radius 1 is 0.340 bits per heavy atom. The van der Waals surface area contributed by atoms with Gasteiger partial charge in [0.2, 0.25) is 0 Å². The van der Waals surface area contributed by atoms with E-state index in [0.29, 0.717) is 5.82 Å². The zero-order valence-corrected chi connectivity index (χ0v) is 29.3. The van der Waals surface area contributed by atoms with E-state index in [1.807, 2.05) is 25.3 Å². The third-order valence-electron chi connectivity index (χ3n) is 9.80. The molecule has 0 amide bonds. The topological polar surface area (TPSA) is 38.7 Å². The summed E-state index contributed by atoms with van der Waals surface area (Å²) in [7, 11) is 0. The fraction of sp³-hybridized carbons (Fsp3) is 0.0200. The minimum absolute atomic E-state index is 0.688. The van der Waals surface area contributed by atoms with E-state index in [1.54, 1.807) is 0 Å². The lowest BCUT2D eigenvalue weighted by Crippen LogP contribution is -1.97. The Balaban J connectivity index is 1.19. The quantitative estimate of drug-likeness (QED) is 0.169. The lowest BCUT2D eigenvalue weighted by atomic mass is 9.92. The van der Waals surface area contributed by atoms with Crippen LogP contribution in [0.4, 0.5) is 0 Å². The lowest BCUT2D eigenvalue weighted by molar-refractivity contribution is 1.18. The van der Waals surface area contributed by atoms with Crippen molar-refractivity contribution in [1.82, 2.24) is 15.0 Å². The summed E-state index contributed by atoms with van der Waals surface area (Å²) in [4.78, 5) is 14.8. The largest absolute Gasteiger partial charge is 0.262 e. The van der Waals surface area contributed by atoms with Crippen LogP contribution in [0.3, 0.4) is 0 Å². The van der Waals surface area contributed by atoms with Gasteiger partial charge in [0.15, 0.2) is 5.82 Å². The third-order valence-corrected chi connectivity index (χ3v) is 9.80. The van der Waals surface area contributed by atoms with Crippen molar-refractivity contribution in [3.05, 3.63) is 200 Å². The molecule has 0 saturated carbocycles. The Kier molecular flexibility index (Phi) is 8.43. The number of hydrogen-bond acceptors (Lipinski definition) is 3. The zero-order chi connectivity index (χ0) is 35.6. The SMILES string of the molecule is Cc1cc(-c2cccc(-c3ccc(-c4cc(-c5nc(-c6ccccc6)cc(-c6ccccc6)n5)cc(-c5cccc6ccccc56)c4)cc3)c2)ccn1. The van der Waals surface area contributed by atoms with Crippen LogP contribution < -0.4 is 0 Å². The highest BCUT2D eigenvalue weighted by atomic mass is 14.9. The molecule has 2 aromatic heterocycles. The number of aryl methyl sites for hydroxylation is 1. The molecule has 0 radical (unpaired) electrons. The Bertz CT molecular complexity index is 2650. The molecule has 0 atom stereocenters. The maximum atomic E-state index is 5.21. The summed E-state index contributed by atoms with van der Waals surface area (Å²) >= 11 is 0. The Labute approximate surface area is 310 Å². The molecule has 9 rings (SSSR count). The average molecular weight is 678 g/mol. The molecule has 2 heterocycles. The second-order valence-electron chi connectivity index (χ2n) is 13.4. The molecule has 0 aliphatic rings. The Hall–Kier alpha value is -6.97. The highest BCUT2D eigenvalue weighted by Crippen LogP contribution is 2.37. The number of pyridine rings is 1. The minimum Gasteiger partial charge on any atom is -0.262 e. The van der Waals surface area contributed by atoms with Crippen LogP contribution in [0.15, 0.2) is 194 Å². The van der Waals surface area contributed by atoms with E-state index in [1.165, 1.54) is 38.6 Å². The van der Waals surface area contributed by atoms with Gasteiger partial charge < -0.3 is 0 Å². The van der Waals surface area contributed by atoms with Gasteiger partial charge in [0.25, 0.3) is 0 Å². The smallest absolute Gasteiger partial charge is 0.160 e. The number of aromatic nitrogens is 3. The van der Waals surface area contributed by atoms with E-state index in [-0.39, 0.29) is 0 Å². The normalized spacial score (nSPS) is 11.1. The van der Waals surface area contributed by atoms with Gasteiger partial charge in [0, 0.05) is 28.6 Å². The highest BCUT2D eigenvalue weighted by molar-refractivity contribution is 5.98. The summed E-state index contributed by atoms with van der Waals surface area (Å²) < 4.78 is 0. The highest BCUT2D eigenvalue weighted by Gasteiger charge is 2.15. The first-order chi connectivity index (χ1) is 26.1. The van der Waals surface area contributed by atoms with Gasteiger partial charge in [-0.05, 0) is 105 Å². The molecule has 0 spiro atoms. The second-order valence-corrected chi connectivity index (χ2v) is 13.4. The van der Waals surface area contributed by atoms with Crippen LogP contribution in [-0.2, 0) is 0 Å². The van der Waals surface area contributed by atoms with Crippen LogP contribution in [0, 0.1) is 6.92 Å². The van der Waals surface area contributed by atoms with Crippen molar-refractivity contribution in [2.45, 2.75) is 6.92 Å². The predicted molar refractivity (Wildman–Crippen MR) is 220 cm³/mol. The molecule has 0 aliphatic carbocycles. The predicted octanol–water partition coefficient (Wildman–Crippen LogP) is 13.0. The van der Waals surface area contributed by atoms with E-state index in [9.17, 15) is 0 Å². The zero-order valence-electron chi connectivity index (χ0n) is 29.3. The maximum absolute atomic E-state index is 5.21. The van der Waals surface area contributed by atoms with E-state index >= 15 is 0 Å². The molecule has 0 aliphatic heterocycles. The van der Waals surface area contributed by atoms with E-state index < -0.39 is 0 Å². The molecule has 3 heteroatoms. The van der Waals surface area contributed by atoms with Crippen LogP contribution in [0.1, 0.15) is 5.69 Å². The van der Waals surface area contributed by atoms with Crippen molar-refractivity contribution in [3.63, 3.8) is 0 Å². The van der Waals surface area contributed by atoms with Gasteiger partial charge in [-0.3, -0.25) is 4.98 Å². The first kappa shape index (κ1) is 32.0. The molecule has 9 aromatic rings. The van der Waals surface area contributed by atoms with E-state index in [4.69, 9.17) is 9.97 Å². The van der Waals surface area contributed by atoms with Gasteiger partial charge in [-0.1, -0.05) is 146 Å². The van der Waals surface area contributed by atoms with Crippen molar-refractivity contribution >= 4 is 10.8 Å². The number of nitrogens with zero attached hydrogens (tertiary/aromatic N) is 3. The van der Waals surface area contributed by atoms with Crippen molar-refractivity contribution in [2.75, 3.05) is 0 Å². The minimum atomic E-state index is 0.688. The summed E-state index contributed by atoms with van der Waals surface area (Å²) in [6.07, 6.45) is 1.87. The van der Waals surface area contributed by atoms with Gasteiger partial charge in [-0.2, -0.15) is 0 Å². The van der Waals surface area contributed by atoms with Gasteiger partial charge >= 0.3 is 0 Å². The molecule has 53 heavy (non-hydrogen) atoms. The number of hydrogen-bond donors (Lipinski definition) is 0. The summed E-state index contributed by atoms with van der Waals surface area (Å²) in [5.74, 6) is 0.688. The van der Waals surface area contributed by atoms with Crippen LogP contribution in [-0.4, -0.2) is 15.0 Å². The van der Waals surface area contributed by atoms with Gasteiger partial charge in [-0.25, -0.2) is 9.97 Å². The monoisotopic (exact) mass is 677 g/mol. The molecule has 250 valence electrons. The molecule has 0 N–H and O–H groups in total. The molecule has 3 nitrogen and oxygen atoms in total. The molecular weight excluding hydrogens is 643 g/mol. The fourth-order valence-electron chi connectivity index (χ4n) is 7.10. The van der Waals surface area contributed by atoms with Crippen LogP contribution in [0.5, 0.6) is 0 Å². The fourth-order valence-corrected chi connectivity index (χ4v) is 7.10. The van der Waals surface area contributed by atoms with Crippen molar-refractivity contribution in [1.29, 1.82) is 0 Å². The first-order valence-electron chi connectivity index (χ1n) is 17.9. The van der Waals surface area contributed by atoms with Crippen molar-refractivity contribution in [3.8, 4) is 78.4 Å². The molecule has 0 unspecified atom stereocenters. The van der Waals surface area contributed by atoms with Crippen molar-refractivity contribution in [2.24, 2.45) is 0 Å². The van der Waals surface area contributed by atoms with E-state index in [2.05, 4.69) is 181 Å². The molecule has 7 aromatic carbocycles. The Morgan fingerprint density at radius 3 is 1.55 bits per heavy atom. The van der Waals surface area contributed by atoms with Gasteiger partial charge in [0.05, 0.1) is 11.4 Å². The average Bonchev–Trinajstić information content (AvgIpc) is 3.24. The van der Waals surface area contributed by atoms with Crippen LogP contribution >= 0.6 is 0 Å². The Morgan fingerprint density at radius 2 is 0.849 bits per heavy atom. The number of fused-ring (bicyclic) bond motifs is 1. The number of rotatable bonds is 7. The molecular formula is C50H35N3. The summed E-state index contributed by atoms with van der Waals surface area (Å²) in [5.41, 5.74) is 15.1. The summed E-state index contributed by atoms with van der Waals surface area (Å²) in [5, 5.41) is 2.42. The van der Waals surface area contributed by atoms with E-state index in [0.717, 1.165) is 50.5 Å². The van der Waals surface area contributed by atoms with Gasteiger partial charge in [-0.15, -0.1) is 0 Å². The molecule has 0 fully saturated rings. The first-order valence-corrected chi connectivity index (χ1v) is 17.9. The lowest BCUT2D eigenvalue weighted by Gasteiger charge is -2.14.